The summed E-state index contributed by atoms with van der Waals surface area (Å²) < 4.78 is -0.687. The van der Waals surface area contributed by atoms with Crippen LogP contribution in [0.15, 0.2) is 18.2 Å². The number of aliphatic carboxylic acids is 1. The second-order valence-electron chi connectivity index (χ2n) is 6.76. The molecule has 1 aromatic rings. The first-order valence-corrected chi connectivity index (χ1v) is 8.72. The van der Waals surface area contributed by atoms with E-state index in [2.05, 4.69) is 5.32 Å². The third-order valence-corrected chi connectivity index (χ3v) is 6.28. The highest BCUT2D eigenvalue weighted by Crippen LogP contribution is 2.50. The number of hydrogen-bond donors (Lipinski definition) is 2. The molecule has 0 bridgehead atoms. The number of amides is 2. The summed E-state index contributed by atoms with van der Waals surface area (Å²) in [4.78, 5) is 48.1. The zero-order valence-corrected chi connectivity index (χ0v) is 15.1. The number of nitrogens with zero attached hydrogens (tertiary/aromatic N) is 2. The van der Waals surface area contributed by atoms with E-state index in [9.17, 15) is 29.6 Å². The molecule has 0 radical (unpaired) electrons. The molecule has 3 atom stereocenters. The fraction of sp³-hybridized carbons (Fsp3) is 0.438. The molecule has 1 aromatic carbocycles. The van der Waals surface area contributed by atoms with Crippen LogP contribution in [0.25, 0.3) is 0 Å². The van der Waals surface area contributed by atoms with Crippen LogP contribution >= 0.6 is 11.8 Å². The zero-order chi connectivity index (χ0) is 19.4. The summed E-state index contributed by atoms with van der Waals surface area (Å²) in [6, 6.07) is 2.34. The Kier molecular flexibility index (Phi) is 4.18. The van der Waals surface area contributed by atoms with Crippen molar-refractivity contribution in [2.24, 2.45) is 0 Å². The Balaban J connectivity index is 1.81. The van der Waals surface area contributed by atoms with Crippen molar-refractivity contribution < 1.29 is 24.4 Å². The summed E-state index contributed by atoms with van der Waals surface area (Å²) in [5, 5.41) is 22.5. The molecule has 3 rings (SSSR count). The number of fused-ring (bicyclic) bond motifs is 1. The third kappa shape index (κ3) is 2.61. The number of rotatable bonds is 4. The first kappa shape index (κ1) is 18.2. The number of thioether (sulfide) groups is 1. The number of carboxylic acid groups (broad SMARTS) is 1. The van der Waals surface area contributed by atoms with Crippen molar-refractivity contribution in [1.29, 1.82) is 0 Å². The third-order valence-electron chi connectivity index (χ3n) is 4.71. The first-order valence-electron chi connectivity index (χ1n) is 7.84. The van der Waals surface area contributed by atoms with Gasteiger partial charge in [-0.1, -0.05) is 6.07 Å². The van der Waals surface area contributed by atoms with Gasteiger partial charge < -0.3 is 15.3 Å². The average Bonchev–Trinajstić information content (AvgIpc) is 2.80. The van der Waals surface area contributed by atoms with Gasteiger partial charge in [0.25, 0.3) is 11.6 Å². The van der Waals surface area contributed by atoms with E-state index in [4.69, 9.17) is 0 Å². The number of nitro groups is 1. The Labute approximate surface area is 152 Å². The predicted octanol–water partition coefficient (Wildman–Crippen LogP) is 1.15. The van der Waals surface area contributed by atoms with Gasteiger partial charge in [0.2, 0.25) is 5.91 Å². The number of nitro benzene ring substituents is 1. The van der Waals surface area contributed by atoms with Crippen LogP contribution in [-0.2, 0) is 9.59 Å². The summed E-state index contributed by atoms with van der Waals surface area (Å²) in [7, 11) is 0. The minimum absolute atomic E-state index is 0.113. The number of β-lactam (4-membered cyclic amide) rings is 1. The quantitative estimate of drug-likeness (QED) is 0.456. The lowest BCUT2D eigenvalue weighted by atomic mass is 9.95. The van der Waals surface area contributed by atoms with Crippen molar-refractivity contribution in [3.05, 3.63) is 39.4 Å². The van der Waals surface area contributed by atoms with Gasteiger partial charge >= 0.3 is 5.97 Å². The number of hydrogen-bond acceptors (Lipinski definition) is 6. The number of carboxylic acids is 1. The summed E-state index contributed by atoms with van der Waals surface area (Å²) in [5.74, 6) is -2.14. The second-order valence-corrected chi connectivity index (χ2v) is 8.53. The van der Waals surface area contributed by atoms with E-state index in [1.165, 1.54) is 41.8 Å². The van der Waals surface area contributed by atoms with Crippen LogP contribution in [0.3, 0.4) is 0 Å². The summed E-state index contributed by atoms with van der Waals surface area (Å²) in [6.07, 6.45) is 0. The minimum Gasteiger partial charge on any atom is -0.480 e. The molecule has 2 fully saturated rings. The smallest absolute Gasteiger partial charge is 0.327 e. The van der Waals surface area contributed by atoms with E-state index in [0.29, 0.717) is 0 Å². The summed E-state index contributed by atoms with van der Waals surface area (Å²) in [6.45, 7) is 4.95. The van der Waals surface area contributed by atoms with Gasteiger partial charge in [0.15, 0.2) is 0 Å². The molecule has 2 aliphatic heterocycles. The number of carbonyl (C=O) groups excluding carboxylic acids is 2. The molecule has 2 heterocycles. The Morgan fingerprint density at radius 2 is 2.04 bits per heavy atom. The van der Waals surface area contributed by atoms with Crippen LogP contribution < -0.4 is 5.32 Å². The monoisotopic (exact) mass is 379 g/mol. The molecule has 9 nitrogen and oxygen atoms in total. The Bertz CT molecular complexity index is 839. The molecular weight excluding hydrogens is 362 g/mol. The van der Waals surface area contributed by atoms with Crippen molar-refractivity contribution in [3.8, 4) is 0 Å². The van der Waals surface area contributed by atoms with E-state index < -0.39 is 44.9 Å². The van der Waals surface area contributed by atoms with E-state index in [1.807, 2.05) is 0 Å². The standard InChI is InChI=1S/C16H17N3O6S/c1-7-8(5-4-6-9(7)19(24)25)12(20)17-10-13(21)18-11(15(22)23)16(2,3)26-14(10)18/h4-6,10-11,14H,1-3H3,(H,17,20)(H,22,23)/t10-,11+,14-/m1/s1. The van der Waals surface area contributed by atoms with Gasteiger partial charge in [-0.05, 0) is 26.8 Å². The van der Waals surface area contributed by atoms with Gasteiger partial charge in [-0.3, -0.25) is 19.7 Å². The number of benzene rings is 1. The molecular formula is C16H17N3O6S. The molecule has 0 unspecified atom stereocenters. The highest BCUT2D eigenvalue weighted by molar-refractivity contribution is 8.01. The molecule has 2 saturated heterocycles. The number of carbonyl (C=O) groups is 3. The minimum atomic E-state index is -1.09. The van der Waals surface area contributed by atoms with Gasteiger partial charge in [-0.15, -0.1) is 11.8 Å². The molecule has 0 saturated carbocycles. The van der Waals surface area contributed by atoms with Crippen molar-refractivity contribution in [1.82, 2.24) is 10.2 Å². The Morgan fingerprint density at radius 1 is 1.38 bits per heavy atom. The summed E-state index contributed by atoms with van der Waals surface area (Å²) >= 11 is 1.32. The molecule has 2 N–H and O–H groups in total. The zero-order valence-electron chi connectivity index (χ0n) is 14.3. The lowest BCUT2D eigenvalue weighted by Gasteiger charge is -2.43. The van der Waals surface area contributed by atoms with Crippen LogP contribution in [0.5, 0.6) is 0 Å². The number of nitrogens with one attached hydrogen (secondary N) is 1. The predicted molar refractivity (Wildman–Crippen MR) is 92.8 cm³/mol. The summed E-state index contributed by atoms with van der Waals surface area (Å²) in [5.41, 5.74) is 0.144. The van der Waals surface area contributed by atoms with Crippen LogP contribution in [0.2, 0.25) is 0 Å². The van der Waals surface area contributed by atoms with Crippen molar-refractivity contribution in [2.45, 2.75) is 43.0 Å². The van der Waals surface area contributed by atoms with Gasteiger partial charge in [-0.25, -0.2) is 4.79 Å². The van der Waals surface area contributed by atoms with Gasteiger partial charge in [0.05, 0.1) is 4.92 Å². The maximum Gasteiger partial charge on any atom is 0.327 e. The topological polar surface area (TPSA) is 130 Å². The fourth-order valence-corrected chi connectivity index (χ4v) is 5.06. The van der Waals surface area contributed by atoms with Crippen molar-refractivity contribution in [2.75, 3.05) is 0 Å². The Morgan fingerprint density at radius 3 is 2.62 bits per heavy atom. The van der Waals surface area contributed by atoms with Gasteiger partial charge in [0.1, 0.15) is 17.5 Å². The van der Waals surface area contributed by atoms with E-state index in [0.717, 1.165) is 0 Å². The maximum absolute atomic E-state index is 12.5. The van der Waals surface area contributed by atoms with E-state index >= 15 is 0 Å². The second kappa shape index (κ2) is 5.97. The molecule has 2 amide bonds. The normalized spacial score (nSPS) is 26.0. The van der Waals surface area contributed by atoms with E-state index in [1.54, 1.807) is 13.8 Å². The van der Waals surface area contributed by atoms with Crippen molar-refractivity contribution >= 4 is 35.2 Å². The highest BCUT2D eigenvalue weighted by Gasteiger charge is 2.64. The Hall–Kier alpha value is -2.62. The van der Waals surface area contributed by atoms with E-state index in [-0.39, 0.29) is 16.8 Å². The average molecular weight is 379 g/mol. The SMILES string of the molecule is Cc1c(C(=O)N[C@@H]2C(=O)N3[C@@H]2SC(C)(C)[C@@H]3C(=O)O)cccc1[N+](=O)[O-]. The van der Waals surface area contributed by atoms with Gasteiger partial charge in [0, 0.05) is 21.9 Å². The molecule has 0 spiro atoms. The molecule has 2 aliphatic rings. The van der Waals surface area contributed by atoms with Crippen LogP contribution in [0.4, 0.5) is 5.69 Å². The lowest BCUT2D eigenvalue weighted by molar-refractivity contribution is -0.385. The molecule has 10 heteroatoms. The molecule has 26 heavy (non-hydrogen) atoms. The van der Waals surface area contributed by atoms with Crippen LogP contribution in [0, 0.1) is 17.0 Å². The molecule has 0 aromatic heterocycles. The first-order chi connectivity index (χ1) is 12.1. The van der Waals surface area contributed by atoms with Crippen LogP contribution in [-0.4, -0.2) is 54.9 Å². The highest BCUT2D eigenvalue weighted by atomic mass is 32.2. The van der Waals surface area contributed by atoms with Crippen molar-refractivity contribution in [3.63, 3.8) is 0 Å². The fourth-order valence-electron chi connectivity index (χ4n) is 3.43. The maximum atomic E-state index is 12.5. The molecule has 138 valence electrons. The van der Waals surface area contributed by atoms with Crippen LogP contribution in [0.1, 0.15) is 29.8 Å². The largest absolute Gasteiger partial charge is 0.480 e. The lowest BCUT2D eigenvalue weighted by Crippen LogP contribution is -2.70. The molecule has 0 aliphatic carbocycles. The van der Waals surface area contributed by atoms with Gasteiger partial charge in [-0.2, -0.15) is 0 Å².